The van der Waals surface area contributed by atoms with Crippen molar-refractivity contribution in [1.82, 2.24) is 0 Å². The lowest BCUT2D eigenvalue weighted by Crippen LogP contribution is -2.28. The molecule has 0 heterocycles. The molecule has 0 saturated carbocycles. The van der Waals surface area contributed by atoms with Gasteiger partial charge in [0, 0.05) is 0 Å². The molecule has 0 saturated heterocycles. The molecule has 46 heavy (non-hydrogen) atoms. The van der Waals surface area contributed by atoms with E-state index in [-0.39, 0.29) is 11.5 Å². The average molecular weight is 599 g/mol. The zero-order valence-electron chi connectivity index (χ0n) is 26.2. The van der Waals surface area contributed by atoms with E-state index in [2.05, 4.69) is 123 Å². The molecule has 0 bridgehead atoms. The van der Waals surface area contributed by atoms with Crippen LogP contribution in [0.3, 0.4) is 0 Å². The fraction of sp³-hybridized carbons (Fsp3) is 0.136. The first kappa shape index (κ1) is 29.4. The number of allylic oxidation sites excluding steroid dienone is 1. The van der Waals surface area contributed by atoms with Gasteiger partial charge in [-0.1, -0.05) is 123 Å². The SMILES string of the molecule is C=C(O)/C=C\c1cc(C2(c3ccc4cc(O)ccc4c3)c3ccccc3-c3ccccc32)ccc1CCCc1ccc(CC)cc1. The zero-order chi connectivity index (χ0) is 31.7. The molecular weight excluding hydrogens is 560 g/mol. The zero-order valence-corrected chi connectivity index (χ0v) is 26.2. The van der Waals surface area contributed by atoms with Crippen molar-refractivity contribution in [3.63, 3.8) is 0 Å². The van der Waals surface area contributed by atoms with Crippen molar-refractivity contribution in [3.8, 4) is 16.9 Å². The maximum atomic E-state index is 10.2. The van der Waals surface area contributed by atoms with Crippen LogP contribution in [0.1, 0.15) is 57.9 Å². The lowest BCUT2D eigenvalue weighted by Gasteiger charge is -2.34. The molecule has 6 aromatic rings. The Hall–Kier alpha value is -5.34. The predicted octanol–water partition coefficient (Wildman–Crippen LogP) is 10.7. The monoisotopic (exact) mass is 598 g/mol. The summed E-state index contributed by atoms with van der Waals surface area (Å²) < 4.78 is 0. The molecule has 0 unspecified atom stereocenters. The van der Waals surface area contributed by atoms with Gasteiger partial charge in [0.2, 0.25) is 0 Å². The van der Waals surface area contributed by atoms with Gasteiger partial charge >= 0.3 is 0 Å². The summed E-state index contributed by atoms with van der Waals surface area (Å²) in [5.74, 6) is 0.304. The van der Waals surface area contributed by atoms with Crippen LogP contribution < -0.4 is 0 Å². The quantitative estimate of drug-likeness (QED) is 0.128. The number of aromatic hydroxyl groups is 1. The minimum Gasteiger partial charge on any atom is -0.509 e. The van der Waals surface area contributed by atoms with Crippen molar-refractivity contribution in [2.24, 2.45) is 0 Å². The van der Waals surface area contributed by atoms with Crippen LogP contribution in [0.5, 0.6) is 5.75 Å². The maximum Gasteiger partial charge on any atom is 0.116 e. The van der Waals surface area contributed by atoms with E-state index in [1.54, 1.807) is 12.1 Å². The highest BCUT2D eigenvalue weighted by molar-refractivity contribution is 5.90. The van der Waals surface area contributed by atoms with Gasteiger partial charge < -0.3 is 10.2 Å². The van der Waals surface area contributed by atoms with Crippen molar-refractivity contribution in [2.75, 3.05) is 0 Å². The topological polar surface area (TPSA) is 40.5 Å². The van der Waals surface area contributed by atoms with E-state index in [9.17, 15) is 10.2 Å². The van der Waals surface area contributed by atoms with E-state index < -0.39 is 5.41 Å². The molecular formula is C44H38O2. The number of phenolic OH excluding ortho intramolecular Hbond substituents is 1. The lowest BCUT2D eigenvalue weighted by atomic mass is 9.67. The number of hydrogen-bond acceptors (Lipinski definition) is 2. The van der Waals surface area contributed by atoms with Gasteiger partial charge in [-0.15, -0.1) is 0 Å². The van der Waals surface area contributed by atoms with E-state index in [1.165, 1.54) is 50.1 Å². The Balaban J connectivity index is 1.38. The molecule has 2 heteroatoms. The minimum absolute atomic E-state index is 0.0384. The normalized spacial score (nSPS) is 13.2. The number of aliphatic hydroxyl groups excluding tert-OH is 1. The number of benzene rings is 6. The van der Waals surface area contributed by atoms with Crippen LogP contribution in [0.25, 0.3) is 28.0 Å². The number of phenols is 1. The van der Waals surface area contributed by atoms with Gasteiger partial charge in [0.15, 0.2) is 0 Å². The first-order valence-electron chi connectivity index (χ1n) is 16.2. The summed E-state index contributed by atoms with van der Waals surface area (Å²) in [6.07, 6.45) is 7.71. The molecule has 2 nitrogen and oxygen atoms in total. The van der Waals surface area contributed by atoms with Crippen LogP contribution in [0, 0.1) is 0 Å². The van der Waals surface area contributed by atoms with Crippen LogP contribution in [-0.2, 0) is 24.7 Å². The van der Waals surface area contributed by atoms with Crippen LogP contribution in [0.15, 0.2) is 146 Å². The summed E-state index contributed by atoms with van der Waals surface area (Å²) >= 11 is 0. The van der Waals surface area contributed by atoms with Crippen LogP contribution >= 0.6 is 0 Å². The Morgan fingerprint density at radius 2 is 1.28 bits per heavy atom. The molecule has 0 spiro atoms. The van der Waals surface area contributed by atoms with Gasteiger partial charge in [0.25, 0.3) is 0 Å². The van der Waals surface area contributed by atoms with E-state index in [4.69, 9.17) is 0 Å². The number of rotatable bonds is 9. The Bertz CT molecular complexity index is 2050. The standard InChI is InChI=1S/C44H38O2/c1-3-31-16-18-32(19-17-31)9-8-10-33-21-24-37(27-34(33)20-15-30(2)45)44(38-25-22-36-29-39(46)26-23-35(36)28-38)42-13-6-4-11-40(42)41-12-5-7-14-43(41)44/h4-7,11-29,45-46H,2-3,8-10H2,1H3/b20-15-. The molecule has 226 valence electrons. The summed E-state index contributed by atoms with van der Waals surface area (Å²) in [6.45, 7) is 5.91. The molecule has 1 aliphatic rings. The van der Waals surface area contributed by atoms with Crippen LogP contribution in [0.4, 0.5) is 0 Å². The third-order valence-electron chi connectivity index (χ3n) is 9.59. The number of aryl methyl sites for hydroxylation is 3. The highest BCUT2D eigenvalue weighted by atomic mass is 16.3. The molecule has 0 atom stereocenters. The second-order valence-corrected chi connectivity index (χ2v) is 12.3. The summed E-state index contributed by atoms with van der Waals surface area (Å²) in [5.41, 5.74) is 11.8. The number of hydrogen-bond donors (Lipinski definition) is 2. The van der Waals surface area contributed by atoms with Crippen LogP contribution in [0.2, 0.25) is 0 Å². The average Bonchev–Trinajstić information content (AvgIpc) is 3.39. The fourth-order valence-corrected chi connectivity index (χ4v) is 7.31. The second-order valence-electron chi connectivity index (χ2n) is 12.3. The Labute approximate surface area is 271 Å². The van der Waals surface area contributed by atoms with Crippen molar-refractivity contribution in [2.45, 2.75) is 38.0 Å². The Morgan fingerprint density at radius 1 is 0.674 bits per heavy atom. The summed E-state index contributed by atoms with van der Waals surface area (Å²) in [5, 5.41) is 22.3. The second kappa shape index (κ2) is 12.2. The molecule has 0 aromatic heterocycles. The summed E-state index contributed by atoms with van der Waals surface area (Å²) in [6, 6.07) is 45.5. The van der Waals surface area contributed by atoms with E-state index in [1.807, 2.05) is 18.2 Å². The molecule has 0 amide bonds. The Kier molecular flexibility index (Phi) is 7.80. The van der Waals surface area contributed by atoms with Crippen molar-refractivity contribution in [1.29, 1.82) is 0 Å². The predicted molar refractivity (Wildman–Crippen MR) is 192 cm³/mol. The Morgan fingerprint density at radius 3 is 1.98 bits per heavy atom. The largest absolute Gasteiger partial charge is 0.509 e. The lowest BCUT2D eigenvalue weighted by molar-refractivity contribution is 0.436. The van der Waals surface area contributed by atoms with Crippen molar-refractivity contribution in [3.05, 3.63) is 190 Å². The van der Waals surface area contributed by atoms with E-state index in [0.29, 0.717) is 0 Å². The van der Waals surface area contributed by atoms with Gasteiger partial charge in [0.05, 0.1) is 5.41 Å². The molecule has 7 rings (SSSR count). The molecule has 0 aliphatic heterocycles. The first-order chi connectivity index (χ1) is 22.5. The molecule has 0 fully saturated rings. The van der Waals surface area contributed by atoms with E-state index in [0.717, 1.165) is 42.0 Å². The fourth-order valence-electron chi connectivity index (χ4n) is 7.31. The highest BCUT2D eigenvalue weighted by Gasteiger charge is 2.46. The maximum absolute atomic E-state index is 10.2. The smallest absolute Gasteiger partial charge is 0.116 e. The van der Waals surface area contributed by atoms with E-state index >= 15 is 0 Å². The molecule has 6 aromatic carbocycles. The first-order valence-corrected chi connectivity index (χ1v) is 16.2. The van der Waals surface area contributed by atoms with Gasteiger partial charge in [0.1, 0.15) is 11.5 Å². The van der Waals surface area contributed by atoms with Crippen molar-refractivity contribution >= 4 is 16.8 Å². The number of aliphatic hydroxyl groups is 1. The highest BCUT2D eigenvalue weighted by Crippen LogP contribution is 2.56. The number of fused-ring (bicyclic) bond motifs is 4. The summed E-state index contributed by atoms with van der Waals surface area (Å²) in [4.78, 5) is 0. The van der Waals surface area contributed by atoms with Gasteiger partial charge in [-0.3, -0.25) is 0 Å². The van der Waals surface area contributed by atoms with Gasteiger partial charge in [-0.2, -0.15) is 0 Å². The molecule has 2 N–H and O–H groups in total. The molecule has 1 aliphatic carbocycles. The van der Waals surface area contributed by atoms with Gasteiger partial charge in [-0.25, -0.2) is 0 Å². The minimum atomic E-state index is -0.558. The molecule has 0 radical (unpaired) electrons. The summed E-state index contributed by atoms with van der Waals surface area (Å²) in [7, 11) is 0. The van der Waals surface area contributed by atoms with Crippen molar-refractivity contribution < 1.29 is 10.2 Å². The third-order valence-corrected chi connectivity index (χ3v) is 9.59. The third kappa shape index (κ3) is 5.20. The van der Waals surface area contributed by atoms with Gasteiger partial charge in [-0.05, 0) is 122 Å². The van der Waals surface area contributed by atoms with Crippen LogP contribution in [-0.4, -0.2) is 10.2 Å².